The van der Waals surface area contributed by atoms with Crippen LogP contribution in [0.3, 0.4) is 0 Å². The van der Waals surface area contributed by atoms with Crippen LogP contribution >= 0.6 is 0 Å². The summed E-state index contributed by atoms with van der Waals surface area (Å²) in [5, 5.41) is 33.1. The molecule has 4 aliphatic heterocycles. The van der Waals surface area contributed by atoms with E-state index in [0.717, 1.165) is 12.0 Å². The van der Waals surface area contributed by atoms with E-state index in [4.69, 9.17) is 18.9 Å². The van der Waals surface area contributed by atoms with Crippen molar-refractivity contribution in [1.82, 2.24) is 0 Å². The molecule has 0 aromatic carbocycles. The highest BCUT2D eigenvalue weighted by molar-refractivity contribution is 5.78. The van der Waals surface area contributed by atoms with Crippen molar-refractivity contribution in [3.8, 4) is 0 Å². The molecular formula is C34H48O8. The van der Waals surface area contributed by atoms with E-state index in [1.54, 1.807) is 19.1 Å². The Kier molecular flexibility index (Phi) is 9.33. The molecule has 4 heterocycles. The van der Waals surface area contributed by atoms with Crippen molar-refractivity contribution in [2.24, 2.45) is 23.7 Å². The van der Waals surface area contributed by atoms with E-state index < -0.39 is 41.6 Å². The summed E-state index contributed by atoms with van der Waals surface area (Å²) >= 11 is 0. The molecule has 2 saturated heterocycles. The van der Waals surface area contributed by atoms with E-state index in [1.807, 2.05) is 24.3 Å². The molecular weight excluding hydrogens is 536 g/mol. The first kappa shape index (κ1) is 31.4. The number of hydrogen-bond donors (Lipinski definition) is 3. The van der Waals surface area contributed by atoms with Gasteiger partial charge < -0.3 is 34.3 Å². The Morgan fingerprint density at radius 1 is 1.17 bits per heavy atom. The van der Waals surface area contributed by atoms with E-state index in [1.165, 1.54) is 0 Å². The van der Waals surface area contributed by atoms with E-state index >= 15 is 0 Å². The first-order valence-corrected chi connectivity index (χ1v) is 15.6. The second-order valence-corrected chi connectivity index (χ2v) is 13.1. The zero-order valence-electron chi connectivity index (χ0n) is 25.6. The van der Waals surface area contributed by atoms with Gasteiger partial charge in [0.15, 0.2) is 5.79 Å². The zero-order valence-corrected chi connectivity index (χ0v) is 25.6. The molecule has 232 valence electrons. The van der Waals surface area contributed by atoms with Crippen LogP contribution in [-0.4, -0.2) is 76.4 Å². The van der Waals surface area contributed by atoms with Crippen LogP contribution in [0.5, 0.6) is 0 Å². The number of rotatable bonds is 3. The molecule has 2 bridgehead atoms. The smallest absolute Gasteiger partial charge is 0.316 e. The van der Waals surface area contributed by atoms with Crippen molar-refractivity contribution in [1.29, 1.82) is 0 Å². The monoisotopic (exact) mass is 584 g/mol. The number of esters is 1. The van der Waals surface area contributed by atoms with Crippen LogP contribution in [0.2, 0.25) is 0 Å². The average molecular weight is 585 g/mol. The maximum Gasteiger partial charge on any atom is 0.316 e. The third kappa shape index (κ3) is 5.99. The van der Waals surface area contributed by atoms with Crippen LogP contribution < -0.4 is 0 Å². The number of carbonyl (C=O) groups is 1. The molecule has 11 atom stereocenters. The topological polar surface area (TPSA) is 115 Å². The molecule has 3 N–H and O–H groups in total. The first-order valence-electron chi connectivity index (χ1n) is 15.6. The summed E-state index contributed by atoms with van der Waals surface area (Å²) in [6.45, 7) is 10.3. The van der Waals surface area contributed by atoms with Crippen LogP contribution in [0.1, 0.15) is 66.7 Å². The zero-order chi connectivity index (χ0) is 30.2. The van der Waals surface area contributed by atoms with E-state index in [9.17, 15) is 20.1 Å². The van der Waals surface area contributed by atoms with Gasteiger partial charge in [-0.1, -0.05) is 70.6 Å². The molecule has 0 radical (unpaired) electrons. The van der Waals surface area contributed by atoms with Gasteiger partial charge in [-0.2, -0.15) is 0 Å². The van der Waals surface area contributed by atoms with E-state index in [0.29, 0.717) is 42.7 Å². The molecule has 1 spiro atoms. The van der Waals surface area contributed by atoms with Crippen LogP contribution in [0.25, 0.3) is 0 Å². The molecule has 0 aromatic rings. The van der Waals surface area contributed by atoms with Crippen LogP contribution in [0, 0.1) is 23.7 Å². The predicted octanol–water partition coefficient (Wildman–Crippen LogP) is 4.31. The number of carbonyl (C=O) groups excluding carboxylic acids is 1. The van der Waals surface area contributed by atoms with E-state index in [-0.39, 0.29) is 37.3 Å². The van der Waals surface area contributed by atoms with Gasteiger partial charge >= 0.3 is 5.97 Å². The Bertz CT molecular complexity index is 1170. The lowest BCUT2D eigenvalue weighted by Crippen LogP contribution is -2.58. The van der Waals surface area contributed by atoms with Crippen LogP contribution in [0.15, 0.2) is 59.3 Å². The van der Waals surface area contributed by atoms with Gasteiger partial charge in [-0.15, -0.1) is 0 Å². The number of allylic oxidation sites excluding steroid dienone is 3. The van der Waals surface area contributed by atoms with Crippen LogP contribution in [-0.2, 0) is 23.7 Å². The minimum absolute atomic E-state index is 0.0423. The number of aliphatic hydroxyl groups is 3. The predicted molar refractivity (Wildman–Crippen MR) is 158 cm³/mol. The summed E-state index contributed by atoms with van der Waals surface area (Å²) in [5.41, 5.74) is 0.264. The van der Waals surface area contributed by atoms with Gasteiger partial charge in [-0.05, 0) is 54.4 Å². The number of hydrogen-bond acceptors (Lipinski definition) is 8. The van der Waals surface area contributed by atoms with Gasteiger partial charge in [0, 0.05) is 18.8 Å². The largest absolute Gasteiger partial charge is 0.462 e. The van der Waals surface area contributed by atoms with Gasteiger partial charge in [-0.3, -0.25) is 4.79 Å². The minimum atomic E-state index is -1.74. The SMILES string of the molecule is CC[C@H](C)[C@H]1OC2(C=CC1C)C[C@@H]1C[C@@H](C/C=C(\CO)C[C@@H](C)/C=C/C=C3\CO[C@@H]4C(O)C(C)=C[C@@H](C(=O)O1)[C@]34O)O2. The molecule has 5 rings (SSSR count). The molecule has 1 aliphatic carbocycles. The third-order valence-electron chi connectivity index (χ3n) is 9.87. The fourth-order valence-corrected chi connectivity index (χ4v) is 7.20. The summed E-state index contributed by atoms with van der Waals surface area (Å²) in [4.78, 5) is 14.0. The van der Waals surface area contributed by atoms with Gasteiger partial charge in [0.25, 0.3) is 0 Å². The molecule has 42 heavy (non-hydrogen) atoms. The van der Waals surface area contributed by atoms with E-state index in [2.05, 4.69) is 33.8 Å². The lowest BCUT2D eigenvalue weighted by Gasteiger charge is -2.48. The summed E-state index contributed by atoms with van der Waals surface area (Å²) < 4.78 is 25.5. The highest BCUT2D eigenvalue weighted by Crippen LogP contribution is 2.46. The second kappa shape index (κ2) is 12.5. The first-order chi connectivity index (χ1) is 20.0. The maximum absolute atomic E-state index is 14.0. The Morgan fingerprint density at radius 2 is 1.95 bits per heavy atom. The van der Waals surface area contributed by atoms with Gasteiger partial charge in [0.1, 0.15) is 29.8 Å². The fraction of sp³-hybridized carbons (Fsp3) is 0.676. The van der Waals surface area contributed by atoms with Crippen molar-refractivity contribution in [3.63, 3.8) is 0 Å². The summed E-state index contributed by atoms with van der Waals surface area (Å²) in [5.74, 6) is -1.99. The molecule has 0 amide bonds. The molecule has 2 fully saturated rings. The van der Waals surface area contributed by atoms with Crippen molar-refractivity contribution in [2.45, 2.75) is 109 Å². The maximum atomic E-state index is 14.0. The quantitative estimate of drug-likeness (QED) is 0.332. The van der Waals surface area contributed by atoms with Crippen molar-refractivity contribution in [2.75, 3.05) is 13.2 Å². The van der Waals surface area contributed by atoms with Crippen molar-refractivity contribution >= 4 is 5.97 Å². The van der Waals surface area contributed by atoms with Crippen molar-refractivity contribution < 1.29 is 39.1 Å². The lowest BCUT2D eigenvalue weighted by atomic mass is 9.71. The minimum Gasteiger partial charge on any atom is -0.462 e. The number of ether oxygens (including phenoxy) is 4. The Labute approximate surface area is 249 Å². The summed E-state index contributed by atoms with van der Waals surface area (Å²) in [6, 6.07) is 0. The van der Waals surface area contributed by atoms with Gasteiger partial charge in [0.05, 0.1) is 25.4 Å². The normalized spacial score (nSPS) is 46.5. The highest BCUT2D eigenvalue weighted by Gasteiger charge is 2.60. The summed E-state index contributed by atoms with van der Waals surface area (Å²) in [7, 11) is 0. The molecule has 8 heteroatoms. The standard InChI is InChI=1S/C34H48O8/c1-6-21(3)30-22(4)12-13-33(42-30)17-27-16-26(41-33)11-10-24(18-35)14-20(2)8-7-9-25-19-39-31-29(36)23(5)15-28(32(37)40-27)34(25,31)38/h7-10,12-13,15,20-22,26-31,35-36,38H,6,11,14,16-19H2,1-5H3/b8-7+,24-10-,25-9+/t20-,21-,22?,26+,27-,28-,29?,30+,31+,33?,34+/m0/s1. The second-order valence-electron chi connectivity index (χ2n) is 13.1. The highest BCUT2D eigenvalue weighted by atomic mass is 16.7. The van der Waals surface area contributed by atoms with Gasteiger partial charge in [-0.25, -0.2) is 0 Å². The van der Waals surface area contributed by atoms with Crippen LogP contribution in [0.4, 0.5) is 0 Å². The molecule has 5 aliphatic rings. The average Bonchev–Trinajstić information content (AvgIpc) is 3.30. The lowest BCUT2D eigenvalue weighted by molar-refractivity contribution is -0.300. The third-order valence-corrected chi connectivity index (χ3v) is 9.87. The number of fused-ring (bicyclic) bond motifs is 2. The summed E-state index contributed by atoms with van der Waals surface area (Å²) in [6.07, 6.45) is 13.5. The Balaban J connectivity index is 1.53. The number of aliphatic hydroxyl groups excluding tert-OH is 2. The molecule has 0 saturated carbocycles. The molecule has 3 unspecified atom stereocenters. The Morgan fingerprint density at radius 3 is 2.69 bits per heavy atom. The fourth-order valence-electron chi connectivity index (χ4n) is 7.20. The Hall–Kier alpha value is -2.07. The van der Waals surface area contributed by atoms with Crippen molar-refractivity contribution in [3.05, 3.63) is 59.3 Å². The molecule has 0 aromatic heterocycles. The van der Waals surface area contributed by atoms with Gasteiger partial charge in [0.2, 0.25) is 0 Å². The molecule has 8 nitrogen and oxygen atoms in total.